The Balaban J connectivity index is 1.17. The van der Waals surface area contributed by atoms with Crippen LogP contribution in [0.3, 0.4) is 0 Å². The SMILES string of the molecule is N#Cc1ccc2sc(C3CCN([N@@+]45C=CC=C4C=C(C(=O)N4CCSC4)C5)CC3)nc2c1. The number of thiazole rings is 1. The molecule has 0 bridgehead atoms. The first-order valence-corrected chi connectivity index (χ1v) is 13.0. The second-order valence-corrected chi connectivity index (χ2v) is 10.9. The number of hydrogen-bond donors (Lipinski definition) is 0. The number of thioether (sulfide) groups is 1. The predicted octanol–water partition coefficient (Wildman–Crippen LogP) is 3.96. The van der Waals surface area contributed by atoms with Crippen LogP contribution in [0.25, 0.3) is 10.2 Å². The first kappa shape index (κ1) is 20.2. The molecule has 0 aliphatic carbocycles. The molecule has 1 amide bonds. The fraction of sp³-hybridized carbons (Fsp3) is 0.375. The monoisotopic (exact) mass is 462 g/mol. The Morgan fingerprint density at radius 1 is 1.25 bits per heavy atom. The third-order valence-electron chi connectivity index (χ3n) is 6.95. The minimum Gasteiger partial charge on any atom is -0.329 e. The lowest BCUT2D eigenvalue weighted by molar-refractivity contribution is -0.949. The van der Waals surface area contributed by atoms with Gasteiger partial charge in [0.1, 0.15) is 12.7 Å². The molecule has 162 valence electrons. The second-order valence-electron chi connectivity index (χ2n) is 8.77. The van der Waals surface area contributed by atoms with Crippen LogP contribution in [0.1, 0.15) is 29.3 Å². The predicted molar refractivity (Wildman–Crippen MR) is 127 cm³/mol. The zero-order valence-electron chi connectivity index (χ0n) is 17.7. The van der Waals surface area contributed by atoms with Gasteiger partial charge in [0.15, 0.2) is 5.70 Å². The summed E-state index contributed by atoms with van der Waals surface area (Å²) >= 11 is 3.59. The van der Waals surface area contributed by atoms with Crippen molar-refractivity contribution < 1.29 is 9.39 Å². The largest absolute Gasteiger partial charge is 0.329 e. The standard InChI is InChI=1S/C24H24N5OS2/c25-14-17-3-4-22-21(12-17)26-23(32-22)18-5-7-28(8-6-18)29-10-1-2-20(29)13-19(15-29)24(30)27-9-11-31-16-27/h1-4,10,12-13,18H,5-9,11,15-16H2/q+1/t29-/m1/s1. The Morgan fingerprint density at radius 2 is 2.12 bits per heavy atom. The smallest absolute Gasteiger partial charge is 0.256 e. The lowest BCUT2D eigenvalue weighted by Gasteiger charge is -2.42. The average molecular weight is 463 g/mol. The lowest BCUT2D eigenvalue weighted by Crippen LogP contribution is -2.56. The number of carbonyl (C=O) groups excluding carboxylic acids is 1. The number of piperidine rings is 1. The van der Waals surface area contributed by atoms with E-state index in [4.69, 9.17) is 10.2 Å². The van der Waals surface area contributed by atoms with Gasteiger partial charge in [0.2, 0.25) is 0 Å². The highest BCUT2D eigenvalue weighted by molar-refractivity contribution is 7.99. The fourth-order valence-corrected chi connectivity index (χ4v) is 7.27. The summed E-state index contributed by atoms with van der Waals surface area (Å²) in [5.41, 5.74) is 3.75. The van der Waals surface area contributed by atoms with E-state index in [1.165, 1.54) is 10.7 Å². The summed E-state index contributed by atoms with van der Waals surface area (Å²) in [5, 5.41) is 12.9. The molecule has 4 aliphatic rings. The van der Waals surface area contributed by atoms with Crippen molar-refractivity contribution >= 4 is 39.2 Å². The molecule has 1 atom stereocenters. The van der Waals surface area contributed by atoms with Crippen molar-refractivity contribution in [1.82, 2.24) is 14.9 Å². The molecule has 1 aromatic carbocycles. The number of benzene rings is 1. The second kappa shape index (κ2) is 7.85. The highest BCUT2D eigenvalue weighted by Gasteiger charge is 2.48. The number of nitrogens with zero attached hydrogens (tertiary/aromatic N) is 5. The topological polar surface area (TPSA) is 60.2 Å². The van der Waals surface area contributed by atoms with Gasteiger partial charge in [-0.15, -0.1) is 28.1 Å². The molecule has 0 saturated carbocycles. The van der Waals surface area contributed by atoms with Crippen LogP contribution in [-0.4, -0.2) is 63.2 Å². The van der Waals surface area contributed by atoms with E-state index in [1.54, 1.807) is 11.3 Å². The van der Waals surface area contributed by atoms with Crippen molar-refractivity contribution in [2.75, 3.05) is 37.8 Å². The first-order valence-electron chi connectivity index (χ1n) is 11.1. The number of hydrogen-bond acceptors (Lipinski definition) is 6. The third-order valence-corrected chi connectivity index (χ3v) is 9.12. The van der Waals surface area contributed by atoms with Crippen LogP contribution in [0, 0.1) is 11.3 Å². The number of rotatable bonds is 3. The fourth-order valence-electron chi connectivity index (χ4n) is 5.21. The Bertz CT molecular complexity index is 1220. The van der Waals surface area contributed by atoms with Gasteiger partial charge in [0, 0.05) is 43.5 Å². The molecular formula is C24H24N5OS2+. The molecule has 8 heteroatoms. The van der Waals surface area contributed by atoms with Gasteiger partial charge >= 0.3 is 0 Å². The first-order chi connectivity index (χ1) is 15.7. The van der Waals surface area contributed by atoms with E-state index in [0.717, 1.165) is 66.4 Å². The van der Waals surface area contributed by atoms with E-state index in [9.17, 15) is 4.79 Å². The molecule has 0 spiro atoms. The van der Waals surface area contributed by atoms with Gasteiger partial charge in [0.25, 0.3) is 5.91 Å². The molecule has 32 heavy (non-hydrogen) atoms. The van der Waals surface area contributed by atoms with Crippen molar-refractivity contribution in [2.24, 2.45) is 0 Å². The van der Waals surface area contributed by atoms with Crippen LogP contribution in [0.4, 0.5) is 0 Å². The van der Waals surface area contributed by atoms with Crippen molar-refractivity contribution in [3.63, 3.8) is 0 Å². The molecule has 6 rings (SSSR count). The van der Waals surface area contributed by atoms with E-state index in [-0.39, 0.29) is 5.91 Å². The highest BCUT2D eigenvalue weighted by Crippen LogP contribution is 2.41. The van der Waals surface area contributed by atoms with E-state index in [2.05, 4.69) is 35.5 Å². The molecule has 5 heterocycles. The quantitative estimate of drug-likeness (QED) is 0.646. The average Bonchev–Trinajstić information content (AvgIpc) is 3.61. The molecule has 0 N–H and O–H groups in total. The van der Waals surface area contributed by atoms with Gasteiger partial charge in [-0.3, -0.25) is 4.79 Å². The van der Waals surface area contributed by atoms with Gasteiger partial charge in [-0.1, -0.05) is 0 Å². The van der Waals surface area contributed by atoms with E-state index in [0.29, 0.717) is 16.1 Å². The maximum absolute atomic E-state index is 13.0. The Labute approximate surface area is 195 Å². The molecule has 0 radical (unpaired) electrons. The van der Waals surface area contributed by atoms with Crippen molar-refractivity contribution in [3.8, 4) is 6.07 Å². The molecule has 6 nitrogen and oxygen atoms in total. The number of quaternary nitrogens is 1. The number of fused-ring (bicyclic) bond motifs is 2. The Morgan fingerprint density at radius 3 is 2.91 bits per heavy atom. The number of aromatic nitrogens is 1. The molecular weight excluding hydrogens is 438 g/mol. The number of amides is 1. The summed E-state index contributed by atoms with van der Waals surface area (Å²) < 4.78 is 1.82. The third kappa shape index (κ3) is 3.23. The Kier molecular flexibility index (Phi) is 4.95. The van der Waals surface area contributed by atoms with Crippen LogP contribution in [0.2, 0.25) is 0 Å². The molecule has 0 unspecified atom stereocenters. The normalized spacial score (nSPS) is 25.8. The minimum absolute atomic E-state index is 0.206. The van der Waals surface area contributed by atoms with Crippen LogP contribution in [-0.2, 0) is 4.79 Å². The molecule has 2 fully saturated rings. The van der Waals surface area contributed by atoms with E-state index in [1.807, 2.05) is 34.9 Å². The summed E-state index contributed by atoms with van der Waals surface area (Å²) in [6.07, 6.45) is 10.8. The molecule has 1 aromatic heterocycles. The zero-order valence-corrected chi connectivity index (χ0v) is 19.4. The van der Waals surface area contributed by atoms with Crippen LogP contribution < -0.4 is 0 Å². The summed E-state index contributed by atoms with van der Waals surface area (Å²) in [4.78, 5) is 19.9. The van der Waals surface area contributed by atoms with E-state index >= 15 is 0 Å². The van der Waals surface area contributed by atoms with Gasteiger partial charge < -0.3 is 4.90 Å². The van der Waals surface area contributed by atoms with Crippen molar-refractivity contribution in [1.29, 1.82) is 5.26 Å². The molecule has 4 aliphatic heterocycles. The molecule has 2 saturated heterocycles. The summed E-state index contributed by atoms with van der Waals surface area (Å²) in [6.45, 7) is 3.53. The van der Waals surface area contributed by atoms with Crippen LogP contribution >= 0.6 is 23.1 Å². The summed E-state index contributed by atoms with van der Waals surface area (Å²) in [6, 6.07) is 7.98. The summed E-state index contributed by atoms with van der Waals surface area (Å²) in [7, 11) is 0. The molecule has 2 aromatic rings. The minimum atomic E-state index is 0.206. The number of nitriles is 1. The van der Waals surface area contributed by atoms with Gasteiger partial charge in [0.05, 0.1) is 38.3 Å². The number of carbonyl (C=O) groups is 1. The van der Waals surface area contributed by atoms with Gasteiger partial charge in [-0.2, -0.15) is 9.85 Å². The maximum atomic E-state index is 13.0. The number of allylic oxidation sites excluding steroid dienone is 3. The van der Waals surface area contributed by atoms with Crippen molar-refractivity contribution in [3.05, 3.63) is 64.5 Å². The zero-order chi connectivity index (χ0) is 21.7. The van der Waals surface area contributed by atoms with Crippen molar-refractivity contribution in [2.45, 2.75) is 18.8 Å². The maximum Gasteiger partial charge on any atom is 0.256 e. The van der Waals surface area contributed by atoms with Gasteiger partial charge in [-0.05, 0) is 37.1 Å². The highest BCUT2D eigenvalue weighted by atomic mass is 32.2. The van der Waals surface area contributed by atoms with Crippen LogP contribution in [0.5, 0.6) is 0 Å². The Hall–Kier alpha value is -2.44. The lowest BCUT2D eigenvalue weighted by atomic mass is 9.98. The van der Waals surface area contributed by atoms with Crippen LogP contribution in [0.15, 0.2) is 53.9 Å². The van der Waals surface area contributed by atoms with Gasteiger partial charge in [-0.25, -0.2) is 4.98 Å². The summed E-state index contributed by atoms with van der Waals surface area (Å²) in [5.74, 6) is 2.51. The van der Waals surface area contributed by atoms with E-state index < -0.39 is 0 Å².